The number of nitrogens with one attached hydrogen (secondary N) is 2. The van der Waals surface area contributed by atoms with Gasteiger partial charge in [0.2, 0.25) is 5.91 Å². The lowest BCUT2D eigenvalue weighted by molar-refractivity contribution is -0.150. The van der Waals surface area contributed by atoms with Crippen LogP contribution < -0.4 is 15.4 Å². The van der Waals surface area contributed by atoms with Crippen LogP contribution in [0.5, 0.6) is 5.75 Å². The van der Waals surface area contributed by atoms with Crippen molar-refractivity contribution in [2.45, 2.75) is 38.6 Å². The molecule has 0 saturated heterocycles. The molecule has 10 heteroatoms. The Bertz CT molecular complexity index is 757. The zero-order valence-corrected chi connectivity index (χ0v) is 17.5. The van der Waals surface area contributed by atoms with Gasteiger partial charge in [0, 0.05) is 39.0 Å². The van der Waals surface area contributed by atoms with Gasteiger partial charge in [-0.25, -0.2) is 0 Å². The maximum Gasteiger partial charge on any atom is 0.397 e. The Morgan fingerprint density at radius 3 is 2.70 bits per heavy atom. The summed E-state index contributed by atoms with van der Waals surface area (Å²) in [6, 6.07) is 4.21. The first kappa shape index (κ1) is 23.9. The smallest absolute Gasteiger partial charge is 0.397 e. The van der Waals surface area contributed by atoms with Gasteiger partial charge in [0.05, 0.1) is 11.7 Å². The molecule has 2 rings (SSSR count). The number of fused-ring (bicyclic) bond motifs is 1. The lowest BCUT2D eigenvalue weighted by atomic mass is 10.0. The summed E-state index contributed by atoms with van der Waals surface area (Å²) in [5.74, 6) is -1.17. The van der Waals surface area contributed by atoms with Crippen molar-refractivity contribution >= 4 is 17.5 Å². The van der Waals surface area contributed by atoms with Crippen molar-refractivity contribution in [3.05, 3.63) is 23.8 Å². The Morgan fingerprint density at radius 1 is 1.37 bits per heavy atom. The summed E-state index contributed by atoms with van der Waals surface area (Å²) >= 11 is 0. The van der Waals surface area contributed by atoms with Crippen LogP contribution in [0.2, 0.25) is 0 Å². The Hall–Kier alpha value is -2.33. The third-order valence-corrected chi connectivity index (χ3v) is 4.87. The third-order valence-electron chi connectivity index (χ3n) is 4.87. The average Bonchev–Trinajstić information content (AvgIpc) is 2.66. The lowest BCUT2D eigenvalue weighted by Gasteiger charge is -2.30. The number of benzene rings is 1. The second-order valence-electron chi connectivity index (χ2n) is 7.61. The molecule has 0 saturated carbocycles. The van der Waals surface area contributed by atoms with Crippen molar-refractivity contribution < 1.29 is 32.2 Å². The van der Waals surface area contributed by atoms with Crippen LogP contribution in [0.1, 0.15) is 30.6 Å². The zero-order chi connectivity index (χ0) is 22.5. The van der Waals surface area contributed by atoms with Crippen molar-refractivity contribution in [2.75, 3.05) is 39.2 Å². The van der Waals surface area contributed by atoms with Gasteiger partial charge in [-0.3, -0.25) is 9.59 Å². The molecule has 2 N–H and O–H groups in total. The molecule has 0 aromatic heterocycles. The van der Waals surface area contributed by atoms with Crippen LogP contribution in [0.3, 0.4) is 0 Å². The number of halogens is 3. The first-order valence-corrected chi connectivity index (χ1v) is 9.65. The van der Waals surface area contributed by atoms with E-state index >= 15 is 0 Å². The van der Waals surface area contributed by atoms with E-state index in [2.05, 4.69) is 10.6 Å². The van der Waals surface area contributed by atoms with Crippen LogP contribution in [0.25, 0.3) is 0 Å². The molecule has 1 aromatic carbocycles. The van der Waals surface area contributed by atoms with E-state index in [4.69, 9.17) is 9.47 Å². The first-order valence-electron chi connectivity index (χ1n) is 9.65. The number of rotatable bonds is 3. The van der Waals surface area contributed by atoms with Gasteiger partial charge >= 0.3 is 6.18 Å². The zero-order valence-electron chi connectivity index (χ0n) is 17.5. The van der Waals surface area contributed by atoms with Gasteiger partial charge in [-0.15, -0.1) is 0 Å². The minimum atomic E-state index is -4.62. The maximum absolute atomic E-state index is 13.1. The Balaban J connectivity index is 2.31. The standard InChI is InChI=1S/C20H28F3N3O4/c1-12-9-24-13(2)11-30-16-6-5-14(25-18(27)8-20(21,22)23)7-15(16)19(28)26(3)10-17(12)29-4/h5-7,12-13,17,24H,8-11H2,1-4H3,(H,25,27)/t12-,13-,17-/m0/s1. The Kier molecular flexibility index (Phi) is 8.08. The third kappa shape index (κ3) is 6.88. The number of hydrogen-bond acceptors (Lipinski definition) is 5. The number of nitrogens with zero attached hydrogens (tertiary/aromatic N) is 1. The second kappa shape index (κ2) is 10.1. The number of likely N-dealkylation sites (N-methyl/N-ethyl adjacent to an activating group) is 1. The average molecular weight is 431 g/mol. The van der Waals surface area contributed by atoms with Gasteiger partial charge in [0.1, 0.15) is 18.8 Å². The number of hydrogen-bond donors (Lipinski definition) is 2. The van der Waals surface area contributed by atoms with Crippen molar-refractivity contribution in [3.63, 3.8) is 0 Å². The number of methoxy groups -OCH3 is 1. The van der Waals surface area contributed by atoms with Crippen molar-refractivity contribution in [3.8, 4) is 5.75 Å². The van der Waals surface area contributed by atoms with E-state index in [-0.39, 0.29) is 47.6 Å². The van der Waals surface area contributed by atoms with Crippen LogP contribution in [-0.4, -0.2) is 68.9 Å². The fourth-order valence-corrected chi connectivity index (χ4v) is 3.13. The number of amides is 2. The number of anilines is 1. The highest BCUT2D eigenvalue weighted by Crippen LogP contribution is 2.27. The minimum Gasteiger partial charge on any atom is -0.491 e. The molecule has 1 aliphatic heterocycles. The topological polar surface area (TPSA) is 79.9 Å². The molecule has 7 nitrogen and oxygen atoms in total. The summed E-state index contributed by atoms with van der Waals surface area (Å²) in [4.78, 5) is 26.1. The molecular weight excluding hydrogens is 403 g/mol. The largest absolute Gasteiger partial charge is 0.491 e. The van der Waals surface area contributed by atoms with Crippen molar-refractivity contribution in [1.82, 2.24) is 10.2 Å². The highest BCUT2D eigenvalue weighted by atomic mass is 19.4. The molecule has 0 fully saturated rings. The monoisotopic (exact) mass is 431 g/mol. The Labute approximate surface area is 173 Å². The molecular formula is C20H28F3N3O4. The number of carbonyl (C=O) groups is 2. The fourth-order valence-electron chi connectivity index (χ4n) is 3.13. The van der Waals surface area contributed by atoms with E-state index in [0.717, 1.165) is 0 Å². The molecule has 1 aromatic rings. The molecule has 1 aliphatic rings. The fraction of sp³-hybridized carbons (Fsp3) is 0.600. The highest BCUT2D eigenvalue weighted by molar-refractivity contribution is 5.99. The molecule has 30 heavy (non-hydrogen) atoms. The second-order valence-corrected chi connectivity index (χ2v) is 7.61. The van der Waals surface area contributed by atoms with Crippen molar-refractivity contribution in [1.29, 1.82) is 0 Å². The molecule has 0 spiro atoms. The van der Waals surface area contributed by atoms with Crippen LogP contribution in [0.4, 0.5) is 18.9 Å². The van der Waals surface area contributed by atoms with Gasteiger partial charge < -0.3 is 25.0 Å². The maximum atomic E-state index is 13.1. The van der Waals surface area contributed by atoms with Crippen LogP contribution >= 0.6 is 0 Å². The van der Waals surface area contributed by atoms with Crippen LogP contribution in [0.15, 0.2) is 18.2 Å². The van der Waals surface area contributed by atoms with E-state index in [9.17, 15) is 22.8 Å². The molecule has 0 aliphatic carbocycles. The van der Waals surface area contributed by atoms with Gasteiger partial charge in [-0.1, -0.05) is 6.92 Å². The predicted molar refractivity (Wildman–Crippen MR) is 106 cm³/mol. The SMILES string of the molecule is CO[C@H]1CN(C)C(=O)c2cc(NC(=O)CC(F)(F)F)ccc2OC[C@H](C)NC[C@@H]1C. The normalized spacial score (nSPS) is 23.6. The Morgan fingerprint density at radius 2 is 2.07 bits per heavy atom. The van der Waals surface area contributed by atoms with E-state index in [1.165, 1.54) is 23.1 Å². The van der Waals surface area contributed by atoms with E-state index in [1.54, 1.807) is 14.2 Å². The minimum absolute atomic E-state index is 0.00349. The van der Waals surface area contributed by atoms with Gasteiger partial charge in [0.25, 0.3) is 5.91 Å². The molecule has 3 atom stereocenters. The molecule has 1 heterocycles. The summed E-state index contributed by atoms with van der Waals surface area (Å²) in [5.41, 5.74) is 0.237. The van der Waals surface area contributed by atoms with Crippen molar-refractivity contribution in [2.24, 2.45) is 5.92 Å². The predicted octanol–water partition coefficient (Wildman–Crippen LogP) is 2.67. The van der Waals surface area contributed by atoms with Gasteiger partial charge in [0.15, 0.2) is 0 Å². The summed E-state index contributed by atoms with van der Waals surface area (Å²) in [5, 5.41) is 5.54. The van der Waals surface area contributed by atoms with Crippen LogP contribution in [0, 0.1) is 5.92 Å². The van der Waals surface area contributed by atoms with Crippen LogP contribution in [-0.2, 0) is 9.53 Å². The number of carbonyl (C=O) groups excluding carboxylic acids is 2. The molecule has 168 valence electrons. The van der Waals surface area contributed by atoms with E-state index in [0.29, 0.717) is 13.1 Å². The summed E-state index contributed by atoms with van der Waals surface area (Å²) in [6.07, 6.45) is -6.43. The molecule has 2 amide bonds. The quantitative estimate of drug-likeness (QED) is 0.769. The number of alkyl halides is 3. The lowest BCUT2D eigenvalue weighted by Crippen LogP contribution is -2.44. The number of ether oxygens (including phenoxy) is 2. The molecule has 0 bridgehead atoms. The van der Waals surface area contributed by atoms with Gasteiger partial charge in [-0.05, 0) is 31.0 Å². The summed E-state index contributed by atoms with van der Waals surface area (Å²) in [7, 11) is 3.20. The van der Waals surface area contributed by atoms with E-state index < -0.39 is 18.5 Å². The highest BCUT2D eigenvalue weighted by Gasteiger charge is 2.31. The van der Waals surface area contributed by atoms with E-state index in [1.807, 2.05) is 13.8 Å². The molecule has 0 radical (unpaired) electrons. The summed E-state index contributed by atoms with van der Waals surface area (Å²) < 4.78 is 48.6. The first-order chi connectivity index (χ1) is 14.0. The molecule has 0 unspecified atom stereocenters. The van der Waals surface area contributed by atoms with Gasteiger partial charge in [-0.2, -0.15) is 13.2 Å². The summed E-state index contributed by atoms with van der Waals surface area (Å²) in [6.45, 7) is 5.24.